The molecule has 3 N–H and O–H groups in total. The van der Waals surface area contributed by atoms with Gasteiger partial charge in [-0.2, -0.15) is 0 Å². The lowest BCUT2D eigenvalue weighted by atomic mass is 10.2. The van der Waals surface area contributed by atoms with E-state index in [4.69, 9.17) is 5.11 Å². The zero-order chi connectivity index (χ0) is 18.1. The molecule has 25 heavy (non-hydrogen) atoms. The molecule has 0 aliphatic carbocycles. The Bertz CT molecular complexity index is 836. The van der Waals surface area contributed by atoms with E-state index >= 15 is 0 Å². The molecule has 0 heterocycles. The van der Waals surface area contributed by atoms with Crippen molar-refractivity contribution in [2.75, 3.05) is 5.32 Å². The Morgan fingerprint density at radius 3 is 2.40 bits per heavy atom. The number of benzene rings is 2. The van der Waals surface area contributed by atoms with E-state index in [1.54, 1.807) is 36.4 Å². The third kappa shape index (κ3) is 6.19. The largest absolute Gasteiger partial charge is 0.507 e. The molecule has 0 fully saturated rings. The molecule has 0 radical (unpaired) electrons. The lowest BCUT2D eigenvalue weighted by Crippen LogP contribution is -2.07. The van der Waals surface area contributed by atoms with Crippen LogP contribution in [-0.2, 0) is 9.59 Å². The number of hydrogen-bond acceptors (Lipinski definition) is 3. The second-order valence-corrected chi connectivity index (χ2v) is 5.06. The molecule has 0 aromatic heterocycles. The van der Waals surface area contributed by atoms with Crippen molar-refractivity contribution in [2.45, 2.75) is 0 Å². The van der Waals surface area contributed by atoms with Crippen LogP contribution >= 0.6 is 0 Å². The van der Waals surface area contributed by atoms with Crippen LogP contribution in [0.1, 0.15) is 11.1 Å². The third-order valence-corrected chi connectivity index (χ3v) is 3.14. The average molecular weight is 335 g/mol. The Labute approximate surface area is 145 Å². The highest BCUT2D eigenvalue weighted by Gasteiger charge is 1.99. The normalized spacial score (nSPS) is 11.8. The smallest absolute Gasteiger partial charge is 0.328 e. The van der Waals surface area contributed by atoms with Crippen molar-refractivity contribution >= 4 is 29.4 Å². The number of aliphatic hydroxyl groups excluding tert-OH is 1. The van der Waals surface area contributed by atoms with Crippen LogP contribution in [0.3, 0.4) is 0 Å². The first-order valence-electron chi connectivity index (χ1n) is 7.49. The number of aliphatic carboxylic acids is 1. The van der Waals surface area contributed by atoms with Crippen LogP contribution in [0.2, 0.25) is 0 Å². The highest BCUT2D eigenvalue weighted by Crippen LogP contribution is 2.13. The fourth-order valence-corrected chi connectivity index (χ4v) is 2.00. The van der Waals surface area contributed by atoms with Gasteiger partial charge in [-0.3, -0.25) is 4.79 Å². The molecule has 1 amide bonds. The number of aliphatic hydroxyl groups is 1. The quantitative estimate of drug-likeness (QED) is 0.425. The van der Waals surface area contributed by atoms with Crippen LogP contribution < -0.4 is 5.32 Å². The Kier molecular flexibility index (Phi) is 6.31. The molecular formula is C20H17NO4. The predicted octanol–water partition coefficient (Wildman–Crippen LogP) is 3.88. The summed E-state index contributed by atoms with van der Waals surface area (Å²) in [7, 11) is 0. The van der Waals surface area contributed by atoms with Crippen LogP contribution in [0.5, 0.6) is 0 Å². The number of nitrogens with one attached hydrogen (secondary N) is 1. The molecule has 2 aromatic rings. The fourth-order valence-electron chi connectivity index (χ4n) is 2.00. The molecule has 0 saturated heterocycles. The van der Waals surface area contributed by atoms with Gasteiger partial charge in [-0.15, -0.1) is 0 Å². The van der Waals surface area contributed by atoms with E-state index in [2.05, 4.69) is 5.32 Å². The first-order chi connectivity index (χ1) is 12.0. The van der Waals surface area contributed by atoms with Crippen molar-refractivity contribution in [1.82, 2.24) is 0 Å². The number of allylic oxidation sites excluding steroid dienone is 2. The zero-order valence-corrected chi connectivity index (χ0v) is 13.3. The summed E-state index contributed by atoms with van der Waals surface area (Å²) in [5.74, 6) is -1.34. The number of carboxylic acids is 1. The number of amides is 1. The van der Waals surface area contributed by atoms with Gasteiger partial charge in [0.25, 0.3) is 0 Å². The molecule has 2 aromatic carbocycles. The number of carbonyl (C=O) groups excluding carboxylic acids is 1. The summed E-state index contributed by atoms with van der Waals surface area (Å²) >= 11 is 0. The van der Waals surface area contributed by atoms with Crippen LogP contribution in [0.15, 0.2) is 78.9 Å². The maximum absolute atomic E-state index is 11.9. The van der Waals surface area contributed by atoms with Gasteiger partial charge in [0.05, 0.1) is 0 Å². The summed E-state index contributed by atoms with van der Waals surface area (Å²) < 4.78 is 0. The van der Waals surface area contributed by atoms with Gasteiger partial charge in [0, 0.05) is 23.4 Å². The van der Waals surface area contributed by atoms with Crippen molar-refractivity contribution in [3.05, 3.63) is 90.0 Å². The van der Waals surface area contributed by atoms with E-state index in [1.807, 2.05) is 18.2 Å². The number of hydrogen-bond donors (Lipinski definition) is 3. The lowest BCUT2D eigenvalue weighted by Gasteiger charge is -2.03. The maximum atomic E-state index is 11.9. The summed E-state index contributed by atoms with van der Waals surface area (Å²) in [6, 6.07) is 15.8. The van der Waals surface area contributed by atoms with E-state index < -0.39 is 5.97 Å². The molecule has 0 saturated carbocycles. The summed E-state index contributed by atoms with van der Waals surface area (Å²) in [4.78, 5) is 22.4. The molecular weight excluding hydrogens is 318 g/mol. The third-order valence-electron chi connectivity index (χ3n) is 3.14. The van der Waals surface area contributed by atoms with Crippen LogP contribution in [0.25, 0.3) is 11.8 Å². The summed E-state index contributed by atoms with van der Waals surface area (Å²) in [6.45, 7) is 0. The first kappa shape index (κ1) is 17.7. The molecule has 0 spiro atoms. The molecule has 5 heteroatoms. The summed E-state index contributed by atoms with van der Waals surface area (Å²) in [5, 5.41) is 21.2. The van der Waals surface area contributed by atoms with Crippen molar-refractivity contribution in [3.8, 4) is 0 Å². The standard InChI is InChI=1S/C20H17NO4/c22-18(16-7-2-1-3-8-16)10-5-11-19(23)21-17-9-4-6-15(14-17)12-13-20(24)25/h1-14,22H,(H,21,23)(H,24,25)/b11-5+,13-12+,18-10-. The van der Waals surface area contributed by atoms with Gasteiger partial charge in [-0.25, -0.2) is 4.79 Å². The Balaban J connectivity index is 1.98. The van der Waals surface area contributed by atoms with Crippen LogP contribution in [-0.4, -0.2) is 22.1 Å². The molecule has 0 aliphatic rings. The molecule has 126 valence electrons. The molecule has 2 rings (SSSR count). The Morgan fingerprint density at radius 1 is 0.920 bits per heavy atom. The maximum Gasteiger partial charge on any atom is 0.328 e. The summed E-state index contributed by atoms with van der Waals surface area (Å²) in [5.41, 5.74) is 1.86. The van der Waals surface area contributed by atoms with Crippen molar-refractivity contribution in [1.29, 1.82) is 0 Å². The second kappa shape index (κ2) is 8.88. The van der Waals surface area contributed by atoms with Crippen molar-refractivity contribution < 1.29 is 19.8 Å². The van der Waals surface area contributed by atoms with Gasteiger partial charge < -0.3 is 15.5 Å². The number of rotatable bonds is 6. The molecule has 0 unspecified atom stereocenters. The van der Waals surface area contributed by atoms with E-state index in [0.29, 0.717) is 16.8 Å². The van der Waals surface area contributed by atoms with E-state index in [-0.39, 0.29) is 11.7 Å². The predicted molar refractivity (Wildman–Crippen MR) is 97.9 cm³/mol. The fraction of sp³-hybridized carbons (Fsp3) is 0. The molecule has 0 bridgehead atoms. The molecule has 0 atom stereocenters. The first-order valence-corrected chi connectivity index (χ1v) is 7.49. The van der Waals surface area contributed by atoms with Gasteiger partial charge in [0.15, 0.2) is 0 Å². The van der Waals surface area contributed by atoms with Crippen molar-refractivity contribution in [3.63, 3.8) is 0 Å². The lowest BCUT2D eigenvalue weighted by molar-refractivity contribution is -0.131. The second-order valence-electron chi connectivity index (χ2n) is 5.06. The van der Waals surface area contributed by atoms with Gasteiger partial charge in [0.1, 0.15) is 5.76 Å². The van der Waals surface area contributed by atoms with E-state index in [0.717, 1.165) is 6.08 Å². The topological polar surface area (TPSA) is 86.6 Å². The van der Waals surface area contributed by atoms with Gasteiger partial charge in [-0.1, -0.05) is 48.5 Å². The van der Waals surface area contributed by atoms with Gasteiger partial charge >= 0.3 is 5.97 Å². The minimum Gasteiger partial charge on any atom is -0.507 e. The minimum absolute atomic E-state index is 0.0606. The van der Waals surface area contributed by atoms with Crippen LogP contribution in [0.4, 0.5) is 5.69 Å². The zero-order valence-electron chi connectivity index (χ0n) is 13.3. The highest BCUT2D eigenvalue weighted by molar-refractivity contribution is 5.99. The Morgan fingerprint density at radius 2 is 1.68 bits per heavy atom. The summed E-state index contributed by atoms with van der Waals surface area (Å²) in [6.07, 6.45) is 6.64. The van der Waals surface area contributed by atoms with Crippen molar-refractivity contribution in [2.24, 2.45) is 0 Å². The SMILES string of the molecule is O=C(O)/C=C/c1cccc(NC(=O)/C=C/C=C(\O)c2ccccc2)c1. The number of carboxylic acid groups (broad SMARTS) is 1. The average Bonchev–Trinajstić information content (AvgIpc) is 2.61. The van der Waals surface area contributed by atoms with Gasteiger partial charge in [-0.05, 0) is 29.8 Å². The Hall–Kier alpha value is -3.60. The number of carbonyl (C=O) groups is 2. The molecule has 5 nitrogen and oxygen atoms in total. The highest BCUT2D eigenvalue weighted by atomic mass is 16.4. The minimum atomic E-state index is -1.04. The van der Waals surface area contributed by atoms with E-state index in [1.165, 1.54) is 24.3 Å². The number of anilines is 1. The van der Waals surface area contributed by atoms with Gasteiger partial charge in [0.2, 0.25) is 5.91 Å². The van der Waals surface area contributed by atoms with E-state index in [9.17, 15) is 14.7 Å². The van der Waals surface area contributed by atoms with Crippen LogP contribution in [0, 0.1) is 0 Å². The monoisotopic (exact) mass is 335 g/mol. The molecule has 0 aliphatic heterocycles.